The monoisotopic (exact) mass is 292 g/mol. The molecule has 1 aromatic rings. The molecule has 1 rings (SSSR count). The molecule has 3 nitrogen and oxygen atoms in total. The molecule has 0 aliphatic rings. The molecule has 5 heteroatoms. The van der Waals surface area contributed by atoms with Gasteiger partial charge in [-0.25, -0.2) is 4.98 Å². The standard InChI is InChI=1S/C10H14BrClN2O/c1-6(2)4-7(3)15-9-8(11)5-13-10(12)14-9/h5-7H,4H2,1-3H3. The van der Waals surface area contributed by atoms with Crippen LogP contribution in [0.15, 0.2) is 10.7 Å². The van der Waals surface area contributed by atoms with Crippen LogP contribution in [0.4, 0.5) is 0 Å². The van der Waals surface area contributed by atoms with Gasteiger partial charge in [-0.05, 0) is 46.8 Å². The Morgan fingerprint density at radius 1 is 1.47 bits per heavy atom. The highest BCUT2D eigenvalue weighted by atomic mass is 79.9. The molecule has 0 N–H and O–H groups in total. The molecule has 0 aromatic carbocycles. The van der Waals surface area contributed by atoms with Crippen LogP contribution in [0.1, 0.15) is 27.2 Å². The SMILES string of the molecule is CC(C)CC(C)Oc1nc(Cl)ncc1Br. The molecule has 0 amide bonds. The zero-order chi connectivity index (χ0) is 11.4. The van der Waals surface area contributed by atoms with Crippen molar-refractivity contribution in [2.75, 3.05) is 0 Å². The first-order chi connectivity index (χ1) is 6.99. The third-order valence-electron chi connectivity index (χ3n) is 1.80. The van der Waals surface area contributed by atoms with Gasteiger partial charge in [0.25, 0.3) is 0 Å². The van der Waals surface area contributed by atoms with Crippen LogP contribution >= 0.6 is 27.5 Å². The first kappa shape index (κ1) is 12.7. The maximum atomic E-state index is 5.68. The minimum absolute atomic E-state index is 0.118. The van der Waals surface area contributed by atoms with Crippen molar-refractivity contribution in [3.05, 3.63) is 16.0 Å². The first-order valence-corrected chi connectivity index (χ1v) is 6.00. The van der Waals surface area contributed by atoms with Gasteiger partial charge in [-0.2, -0.15) is 4.98 Å². The van der Waals surface area contributed by atoms with Crippen LogP contribution in [0, 0.1) is 5.92 Å². The molecule has 0 fully saturated rings. The highest BCUT2D eigenvalue weighted by molar-refractivity contribution is 9.10. The quantitative estimate of drug-likeness (QED) is 0.794. The third-order valence-corrected chi connectivity index (χ3v) is 2.52. The number of aromatic nitrogens is 2. The van der Waals surface area contributed by atoms with Gasteiger partial charge in [-0.15, -0.1) is 0 Å². The van der Waals surface area contributed by atoms with Crippen molar-refractivity contribution in [3.8, 4) is 5.88 Å². The smallest absolute Gasteiger partial charge is 0.232 e. The molecule has 15 heavy (non-hydrogen) atoms. The molecule has 1 unspecified atom stereocenters. The predicted molar refractivity (Wildman–Crippen MR) is 64.3 cm³/mol. The molecule has 0 aliphatic carbocycles. The number of halogens is 2. The predicted octanol–water partition coefficient (Wildman–Crippen LogP) is 3.71. The van der Waals surface area contributed by atoms with E-state index < -0.39 is 0 Å². The topological polar surface area (TPSA) is 35.0 Å². The summed E-state index contributed by atoms with van der Waals surface area (Å²) in [5.41, 5.74) is 0. The number of rotatable bonds is 4. The number of nitrogens with zero attached hydrogens (tertiary/aromatic N) is 2. The summed E-state index contributed by atoms with van der Waals surface area (Å²) in [4.78, 5) is 7.84. The maximum Gasteiger partial charge on any atom is 0.232 e. The molecule has 84 valence electrons. The number of hydrogen-bond donors (Lipinski definition) is 0. The number of ether oxygens (including phenoxy) is 1. The lowest BCUT2D eigenvalue weighted by Gasteiger charge is -2.16. The van der Waals surface area contributed by atoms with Gasteiger partial charge in [-0.1, -0.05) is 13.8 Å². The molecular weight excluding hydrogens is 279 g/mol. The summed E-state index contributed by atoms with van der Waals surface area (Å²) >= 11 is 9.00. The number of hydrogen-bond acceptors (Lipinski definition) is 3. The Kier molecular flexibility index (Phi) is 4.80. The van der Waals surface area contributed by atoms with Crippen LogP contribution in [0.3, 0.4) is 0 Å². The van der Waals surface area contributed by atoms with E-state index in [1.54, 1.807) is 6.20 Å². The summed E-state index contributed by atoms with van der Waals surface area (Å²) in [7, 11) is 0. The summed E-state index contributed by atoms with van der Waals surface area (Å²) in [6, 6.07) is 0. The van der Waals surface area contributed by atoms with Gasteiger partial charge in [0, 0.05) is 6.20 Å². The van der Waals surface area contributed by atoms with Crippen molar-refractivity contribution in [2.45, 2.75) is 33.3 Å². The Morgan fingerprint density at radius 2 is 2.13 bits per heavy atom. The molecule has 1 atom stereocenters. The van der Waals surface area contributed by atoms with Crippen molar-refractivity contribution in [1.82, 2.24) is 9.97 Å². The third kappa shape index (κ3) is 4.34. The van der Waals surface area contributed by atoms with E-state index in [2.05, 4.69) is 39.7 Å². The van der Waals surface area contributed by atoms with Gasteiger partial charge in [0.2, 0.25) is 11.2 Å². The fraction of sp³-hybridized carbons (Fsp3) is 0.600. The van der Waals surface area contributed by atoms with Crippen molar-refractivity contribution >= 4 is 27.5 Å². The van der Waals surface area contributed by atoms with E-state index in [1.165, 1.54) is 0 Å². The van der Waals surface area contributed by atoms with Crippen molar-refractivity contribution in [1.29, 1.82) is 0 Å². The lowest BCUT2D eigenvalue weighted by Crippen LogP contribution is -2.15. The van der Waals surface area contributed by atoms with Gasteiger partial charge < -0.3 is 4.74 Å². The molecular formula is C10H14BrClN2O. The zero-order valence-electron chi connectivity index (χ0n) is 9.00. The fourth-order valence-electron chi connectivity index (χ4n) is 1.32. The molecule has 1 heterocycles. The molecule has 0 spiro atoms. The largest absolute Gasteiger partial charge is 0.474 e. The Hall–Kier alpha value is -0.350. The molecule has 0 radical (unpaired) electrons. The first-order valence-electron chi connectivity index (χ1n) is 4.83. The lowest BCUT2D eigenvalue weighted by molar-refractivity contribution is 0.184. The highest BCUT2D eigenvalue weighted by Crippen LogP contribution is 2.24. The average molecular weight is 294 g/mol. The van der Waals surface area contributed by atoms with Gasteiger partial charge in [-0.3, -0.25) is 0 Å². The molecule has 0 saturated carbocycles. The van der Waals surface area contributed by atoms with Crippen molar-refractivity contribution < 1.29 is 4.74 Å². The van der Waals surface area contributed by atoms with E-state index in [9.17, 15) is 0 Å². The normalized spacial score (nSPS) is 12.9. The molecule has 0 saturated heterocycles. The minimum atomic E-state index is 0.118. The van der Waals surface area contributed by atoms with Crippen LogP contribution in [0.5, 0.6) is 5.88 Å². The highest BCUT2D eigenvalue weighted by Gasteiger charge is 2.11. The van der Waals surface area contributed by atoms with Crippen LogP contribution in [0.25, 0.3) is 0 Å². The zero-order valence-corrected chi connectivity index (χ0v) is 11.3. The summed E-state index contributed by atoms with van der Waals surface area (Å²) < 4.78 is 6.38. The fourth-order valence-corrected chi connectivity index (χ4v) is 1.73. The van der Waals surface area contributed by atoms with Gasteiger partial charge >= 0.3 is 0 Å². The van der Waals surface area contributed by atoms with Crippen LogP contribution in [0.2, 0.25) is 5.28 Å². The summed E-state index contributed by atoms with van der Waals surface area (Å²) in [5.74, 6) is 1.10. The van der Waals surface area contributed by atoms with Gasteiger partial charge in [0.15, 0.2) is 0 Å². The Morgan fingerprint density at radius 3 is 2.73 bits per heavy atom. The molecule has 0 aliphatic heterocycles. The Balaban J connectivity index is 2.67. The minimum Gasteiger partial charge on any atom is -0.474 e. The second-order valence-electron chi connectivity index (χ2n) is 3.85. The van der Waals surface area contributed by atoms with E-state index in [1.807, 2.05) is 6.92 Å². The Labute approximate surface area is 103 Å². The maximum absolute atomic E-state index is 5.68. The van der Waals surface area contributed by atoms with Crippen LogP contribution in [-0.4, -0.2) is 16.1 Å². The lowest BCUT2D eigenvalue weighted by atomic mass is 10.1. The second kappa shape index (κ2) is 5.66. The molecule has 0 bridgehead atoms. The van der Waals surface area contributed by atoms with E-state index in [0.29, 0.717) is 11.8 Å². The van der Waals surface area contributed by atoms with E-state index >= 15 is 0 Å². The van der Waals surface area contributed by atoms with Gasteiger partial charge in [0.05, 0.1) is 10.6 Å². The van der Waals surface area contributed by atoms with Crippen LogP contribution in [-0.2, 0) is 0 Å². The van der Waals surface area contributed by atoms with Crippen molar-refractivity contribution in [2.24, 2.45) is 5.92 Å². The Bertz CT molecular complexity index is 333. The summed E-state index contributed by atoms with van der Waals surface area (Å²) in [6.45, 7) is 6.33. The van der Waals surface area contributed by atoms with Gasteiger partial charge in [0.1, 0.15) is 0 Å². The molecule has 1 aromatic heterocycles. The average Bonchev–Trinajstić information content (AvgIpc) is 2.10. The second-order valence-corrected chi connectivity index (χ2v) is 5.04. The van der Waals surface area contributed by atoms with Crippen molar-refractivity contribution in [3.63, 3.8) is 0 Å². The van der Waals surface area contributed by atoms with E-state index in [-0.39, 0.29) is 11.4 Å². The van der Waals surface area contributed by atoms with Crippen LogP contribution < -0.4 is 4.74 Å². The summed E-state index contributed by atoms with van der Waals surface area (Å²) in [5, 5.41) is 0.199. The summed E-state index contributed by atoms with van der Waals surface area (Å²) in [6.07, 6.45) is 2.69. The van der Waals surface area contributed by atoms with E-state index in [4.69, 9.17) is 16.3 Å². The van der Waals surface area contributed by atoms with E-state index in [0.717, 1.165) is 10.9 Å².